The molecule has 0 spiro atoms. The Kier molecular flexibility index (Phi) is 61.9. The van der Waals surface area contributed by atoms with Crippen molar-refractivity contribution in [2.75, 3.05) is 13.2 Å². The second-order valence-electron chi connectivity index (χ2n) is 25.0. The highest BCUT2D eigenvalue weighted by Gasteiger charge is 2.44. The van der Waals surface area contributed by atoms with Crippen LogP contribution < -0.4 is 5.32 Å². The number of rotatable bonds is 63. The fourth-order valence-corrected chi connectivity index (χ4v) is 11.2. The Balaban J connectivity index is 2.15. The van der Waals surface area contributed by atoms with Crippen LogP contribution in [0.1, 0.15) is 322 Å². The van der Waals surface area contributed by atoms with Crippen molar-refractivity contribution in [2.24, 2.45) is 0 Å². The molecule has 502 valence electrons. The number of carbonyl (C=O) groups is 1. The molecule has 0 aromatic heterocycles. The minimum absolute atomic E-state index is 0.191. The summed E-state index contributed by atoms with van der Waals surface area (Å²) in [4.78, 5) is 13.1. The minimum Gasteiger partial charge on any atom is -0.394 e. The number of hydrogen-bond donors (Lipinski definition) is 6. The van der Waals surface area contributed by atoms with Gasteiger partial charge in [-0.1, -0.05) is 335 Å². The van der Waals surface area contributed by atoms with Crippen LogP contribution in [0.4, 0.5) is 0 Å². The van der Waals surface area contributed by atoms with Crippen molar-refractivity contribution in [3.05, 3.63) is 109 Å². The van der Waals surface area contributed by atoms with Gasteiger partial charge in [-0.05, 0) is 89.9 Å². The Morgan fingerprint density at radius 1 is 0.402 bits per heavy atom. The zero-order valence-electron chi connectivity index (χ0n) is 56.2. The first-order chi connectivity index (χ1) is 42.8. The van der Waals surface area contributed by atoms with E-state index >= 15 is 0 Å². The lowest BCUT2D eigenvalue weighted by Crippen LogP contribution is -2.60. The molecule has 87 heavy (non-hydrogen) atoms. The highest BCUT2D eigenvalue weighted by Crippen LogP contribution is 2.23. The number of carbonyl (C=O) groups excluding carboxylic acids is 1. The van der Waals surface area contributed by atoms with Crippen LogP contribution in [0.25, 0.3) is 0 Å². The third kappa shape index (κ3) is 54.3. The molecule has 0 radical (unpaired) electrons. The lowest BCUT2D eigenvalue weighted by molar-refractivity contribution is -0.302. The summed E-state index contributed by atoms with van der Waals surface area (Å²) in [5.74, 6) is -0.191. The van der Waals surface area contributed by atoms with Gasteiger partial charge in [0.05, 0.1) is 25.4 Å². The summed E-state index contributed by atoms with van der Waals surface area (Å²) in [6.07, 6.45) is 90.6. The third-order valence-electron chi connectivity index (χ3n) is 16.8. The summed E-state index contributed by atoms with van der Waals surface area (Å²) < 4.78 is 11.3. The van der Waals surface area contributed by atoms with E-state index in [1.54, 1.807) is 6.08 Å². The van der Waals surface area contributed by atoms with Crippen molar-refractivity contribution in [1.82, 2.24) is 5.32 Å². The number of unbranched alkanes of at least 4 members (excludes halogenated alkanes) is 37. The van der Waals surface area contributed by atoms with E-state index in [1.165, 1.54) is 205 Å². The summed E-state index contributed by atoms with van der Waals surface area (Å²) in [5, 5.41) is 54.8. The van der Waals surface area contributed by atoms with Crippen LogP contribution in [-0.2, 0) is 14.3 Å². The predicted molar refractivity (Wildman–Crippen MR) is 373 cm³/mol. The molecule has 7 atom stereocenters. The lowest BCUT2D eigenvalue weighted by atomic mass is 9.99. The first kappa shape index (κ1) is 81.9. The van der Waals surface area contributed by atoms with E-state index in [-0.39, 0.29) is 12.5 Å². The van der Waals surface area contributed by atoms with E-state index in [0.717, 1.165) is 96.3 Å². The smallest absolute Gasteiger partial charge is 0.220 e. The summed E-state index contributed by atoms with van der Waals surface area (Å²) in [5.41, 5.74) is 0. The molecule has 9 nitrogen and oxygen atoms in total. The number of aliphatic hydroxyl groups is 5. The number of ether oxygens (including phenoxy) is 2. The number of amides is 1. The van der Waals surface area contributed by atoms with Gasteiger partial charge in [-0.2, -0.15) is 0 Å². The van der Waals surface area contributed by atoms with Gasteiger partial charge in [0, 0.05) is 6.42 Å². The molecular weight excluding hydrogens is 1080 g/mol. The first-order valence-corrected chi connectivity index (χ1v) is 36.6. The summed E-state index contributed by atoms with van der Waals surface area (Å²) in [6, 6.07) is -0.833. The van der Waals surface area contributed by atoms with Gasteiger partial charge in [0.1, 0.15) is 24.4 Å². The average Bonchev–Trinajstić information content (AvgIpc) is 3.38. The molecule has 1 fully saturated rings. The van der Waals surface area contributed by atoms with Crippen LogP contribution in [0.15, 0.2) is 109 Å². The molecule has 1 saturated heterocycles. The molecule has 1 aliphatic heterocycles. The average molecular weight is 1220 g/mol. The van der Waals surface area contributed by atoms with Crippen molar-refractivity contribution >= 4 is 5.91 Å². The number of nitrogens with one attached hydrogen (secondary N) is 1. The van der Waals surface area contributed by atoms with E-state index in [2.05, 4.69) is 116 Å². The highest BCUT2D eigenvalue weighted by atomic mass is 16.7. The molecule has 0 aromatic carbocycles. The van der Waals surface area contributed by atoms with Gasteiger partial charge in [0.15, 0.2) is 6.29 Å². The zero-order chi connectivity index (χ0) is 62.8. The molecule has 1 aliphatic rings. The lowest BCUT2D eigenvalue weighted by Gasteiger charge is -2.40. The Morgan fingerprint density at radius 3 is 1.10 bits per heavy atom. The Bertz CT molecular complexity index is 1750. The van der Waals surface area contributed by atoms with Gasteiger partial charge < -0.3 is 40.3 Å². The molecule has 1 heterocycles. The van der Waals surface area contributed by atoms with E-state index in [1.807, 2.05) is 6.08 Å². The fourth-order valence-electron chi connectivity index (χ4n) is 11.2. The second-order valence-corrected chi connectivity index (χ2v) is 25.0. The maximum Gasteiger partial charge on any atom is 0.220 e. The Hall–Kier alpha value is -3.15. The minimum atomic E-state index is -1.58. The molecule has 0 aromatic rings. The monoisotopic (exact) mass is 1220 g/mol. The molecule has 7 unspecified atom stereocenters. The van der Waals surface area contributed by atoms with Gasteiger partial charge in [-0.3, -0.25) is 4.79 Å². The Morgan fingerprint density at radius 2 is 0.724 bits per heavy atom. The van der Waals surface area contributed by atoms with Crippen LogP contribution in [-0.4, -0.2) is 87.5 Å². The van der Waals surface area contributed by atoms with Gasteiger partial charge >= 0.3 is 0 Å². The molecule has 0 bridgehead atoms. The van der Waals surface area contributed by atoms with Crippen molar-refractivity contribution in [3.8, 4) is 0 Å². The Labute approximate surface area is 536 Å². The van der Waals surface area contributed by atoms with Crippen LogP contribution in [0, 0.1) is 0 Å². The van der Waals surface area contributed by atoms with E-state index in [0.29, 0.717) is 6.42 Å². The SMILES string of the molecule is CC/C=C\C/C=C\C/C=C\C/C=C\C/C=C\C/C=C\C/C=C\CCCCCCCCCCCCCC(=O)NC(COC1OC(CO)C(O)C(O)C1O)C(O)/C=C/CC/C=C/CCCCCCCCCCCCCCCCCCCCCCCCCCC. The summed E-state index contributed by atoms with van der Waals surface area (Å²) >= 11 is 0. The van der Waals surface area contributed by atoms with E-state index in [4.69, 9.17) is 9.47 Å². The molecule has 0 aliphatic carbocycles. The maximum atomic E-state index is 13.1. The summed E-state index contributed by atoms with van der Waals surface area (Å²) in [7, 11) is 0. The van der Waals surface area contributed by atoms with Crippen LogP contribution in [0.2, 0.25) is 0 Å². The van der Waals surface area contributed by atoms with Crippen molar-refractivity contribution < 1.29 is 39.8 Å². The number of hydrogen-bond acceptors (Lipinski definition) is 8. The van der Waals surface area contributed by atoms with Crippen LogP contribution in [0.5, 0.6) is 0 Å². The molecule has 1 rings (SSSR count). The third-order valence-corrected chi connectivity index (χ3v) is 16.8. The number of allylic oxidation sites excluding steroid dienone is 17. The van der Waals surface area contributed by atoms with Gasteiger partial charge in [-0.15, -0.1) is 0 Å². The molecule has 9 heteroatoms. The largest absolute Gasteiger partial charge is 0.394 e. The fraction of sp³-hybridized carbons (Fsp3) is 0.756. The van der Waals surface area contributed by atoms with Gasteiger partial charge in [-0.25, -0.2) is 0 Å². The topological polar surface area (TPSA) is 149 Å². The molecule has 0 saturated carbocycles. The number of aliphatic hydroxyl groups excluding tert-OH is 5. The standard InChI is InChI=1S/C78H137NO8/c1-3-5-7-9-11-13-15-17-19-21-23-25-27-29-31-33-35-36-38-40-42-44-46-48-50-52-54-56-58-60-62-64-66-68-74(82)79-71(70-86-78-77(85)76(84)75(83)73(69-80)87-78)72(81)67-65-63-61-59-57-55-53-51-49-47-45-43-41-39-37-34-32-30-28-26-24-22-20-18-16-14-12-10-8-6-4-2/h5,7,11,13,17,19,23,25,29,31,35-36,40,42,57,59,65,67,71-73,75-78,80-81,83-85H,3-4,6,8-10,12,14-16,18,20-22,24,26-28,30,32-34,37-39,41,43-56,58,60-64,66,68-70H2,1-2H3,(H,79,82)/b7-5-,13-11-,19-17-,25-23-,31-29-,36-35-,42-40-,59-57+,67-65+. The molecule has 6 N–H and O–H groups in total. The van der Waals surface area contributed by atoms with Crippen molar-refractivity contribution in [1.29, 1.82) is 0 Å². The van der Waals surface area contributed by atoms with E-state index < -0.39 is 49.5 Å². The second kappa shape index (κ2) is 65.8. The van der Waals surface area contributed by atoms with Gasteiger partial charge in [0.2, 0.25) is 5.91 Å². The molecular formula is C78H137NO8. The highest BCUT2D eigenvalue weighted by molar-refractivity contribution is 5.76. The quantitative estimate of drug-likeness (QED) is 0.0261. The first-order valence-electron chi connectivity index (χ1n) is 36.6. The van der Waals surface area contributed by atoms with Crippen LogP contribution >= 0.6 is 0 Å². The normalized spacial score (nSPS) is 18.6. The van der Waals surface area contributed by atoms with Crippen molar-refractivity contribution in [3.63, 3.8) is 0 Å². The predicted octanol–water partition coefficient (Wildman–Crippen LogP) is 20.4. The van der Waals surface area contributed by atoms with Crippen LogP contribution in [0.3, 0.4) is 0 Å². The zero-order valence-corrected chi connectivity index (χ0v) is 56.2. The van der Waals surface area contributed by atoms with E-state index in [9.17, 15) is 30.3 Å². The summed E-state index contributed by atoms with van der Waals surface area (Å²) in [6.45, 7) is 3.68. The van der Waals surface area contributed by atoms with Crippen molar-refractivity contribution in [2.45, 2.75) is 365 Å². The maximum absolute atomic E-state index is 13.1. The van der Waals surface area contributed by atoms with Gasteiger partial charge in [0.25, 0.3) is 0 Å². The molecule has 1 amide bonds.